The summed E-state index contributed by atoms with van der Waals surface area (Å²) in [6.45, 7) is 1.60. The fourth-order valence-electron chi connectivity index (χ4n) is 4.71. The van der Waals surface area contributed by atoms with E-state index in [0.717, 1.165) is 51.7 Å². The number of carbonyl (C=O) groups is 1. The van der Waals surface area contributed by atoms with E-state index in [1.807, 2.05) is 0 Å². The van der Waals surface area contributed by atoms with Crippen LogP contribution in [0.15, 0.2) is 30.5 Å². The van der Waals surface area contributed by atoms with Crippen molar-refractivity contribution >= 4 is 17.4 Å². The quantitative estimate of drug-likeness (QED) is 0.609. The summed E-state index contributed by atoms with van der Waals surface area (Å²) >= 11 is 0. The minimum absolute atomic E-state index is 0.245. The molecule has 32 heavy (non-hydrogen) atoms. The molecule has 1 aromatic carbocycles. The van der Waals surface area contributed by atoms with Crippen molar-refractivity contribution in [2.75, 3.05) is 18.5 Å². The molecule has 170 valence electrons. The molecule has 0 atom stereocenters. The van der Waals surface area contributed by atoms with Gasteiger partial charge in [-0.3, -0.25) is 9.48 Å². The van der Waals surface area contributed by atoms with Gasteiger partial charge in [-0.2, -0.15) is 10.4 Å². The molecule has 2 aromatic rings. The van der Waals surface area contributed by atoms with Gasteiger partial charge in [0, 0.05) is 37.2 Å². The molecule has 1 saturated carbocycles. The highest BCUT2D eigenvalue weighted by Gasteiger charge is 2.39. The van der Waals surface area contributed by atoms with Crippen LogP contribution in [0.5, 0.6) is 0 Å². The second-order valence-electron chi connectivity index (χ2n) is 8.72. The Kier molecular flexibility index (Phi) is 6.72. The van der Waals surface area contributed by atoms with Gasteiger partial charge < -0.3 is 21.1 Å². The number of nitrogens with one attached hydrogen (secondary N) is 2. The Morgan fingerprint density at radius 2 is 1.88 bits per heavy atom. The number of amides is 1. The van der Waals surface area contributed by atoms with Crippen molar-refractivity contribution < 1.29 is 13.9 Å². The second kappa shape index (κ2) is 9.67. The molecule has 2 heterocycles. The summed E-state index contributed by atoms with van der Waals surface area (Å²) in [5, 5.41) is 21.0. The minimum atomic E-state index is -0.608. The third-order valence-electron chi connectivity index (χ3n) is 6.59. The Morgan fingerprint density at radius 1 is 1.22 bits per heavy atom. The van der Waals surface area contributed by atoms with E-state index in [2.05, 4.69) is 21.8 Å². The molecule has 0 bridgehead atoms. The van der Waals surface area contributed by atoms with E-state index in [9.17, 15) is 14.4 Å². The van der Waals surface area contributed by atoms with Crippen molar-refractivity contribution in [3.05, 3.63) is 41.8 Å². The molecule has 0 spiro atoms. The number of rotatable bonds is 7. The van der Waals surface area contributed by atoms with Crippen LogP contribution in [0, 0.1) is 17.1 Å². The first-order valence-corrected chi connectivity index (χ1v) is 11.1. The first-order chi connectivity index (χ1) is 15.5. The lowest BCUT2D eigenvalue weighted by Gasteiger charge is -2.40. The number of nitriles is 1. The Hall–Kier alpha value is -2.96. The van der Waals surface area contributed by atoms with Crippen molar-refractivity contribution in [1.82, 2.24) is 15.1 Å². The number of anilines is 2. The topological polar surface area (TPSA) is 118 Å². The van der Waals surface area contributed by atoms with Crippen LogP contribution >= 0.6 is 0 Å². The molecular weight excluding hydrogens is 411 g/mol. The fraction of sp³-hybridized carbons (Fsp3) is 0.522. The van der Waals surface area contributed by atoms with E-state index in [4.69, 9.17) is 10.5 Å². The van der Waals surface area contributed by atoms with Crippen LogP contribution in [0.4, 0.5) is 15.9 Å². The highest BCUT2D eigenvalue weighted by atomic mass is 19.1. The van der Waals surface area contributed by atoms with Gasteiger partial charge in [0.15, 0.2) is 5.82 Å². The molecule has 4 N–H and O–H groups in total. The van der Waals surface area contributed by atoms with Gasteiger partial charge >= 0.3 is 0 Å². The number of nitrogens with two attached hydrogens (primary N) is 1. The third-order valence-corrected chi connectivity index (χ3v) is 6.59. The van der Waals surface area contributed by atoms with Gasteiger partial charge in [-0.15, -0.1) is 0 Å². The SMILES string of the molecule is N#CCC1(n2cc(C(N)=O)c(Nc3ccc(F)cc3)n2)CCC(NC2CCOCC2)CC1. The Bertz CT molecular complexity index is 969. The molecule has 1 saturated heterocycles. The molecule has 0 unspecified atom stereocenters. The van der Waals surface area contributed by atoms with Crippen LogP contribution in [0.1, 0.15) is 55.3 Å². The van der Waals surface area contributed by atoms with Crippen molar-refractivity contribution in [3.8, 4) is 6.07 Å². The molecule has 2 fully saturated rings. The highest BCUT2D eigenvalue weighted by Crippen LogP contribution is 2.39. The summed E-state index contributed by atoms with van der Waals surface area (Å²) in [6, 6.07) is 8.98. The molecule has 1 aliphatic heterocycles. The van der Waals surface area contributed by atoms with E-state index in [1.54, 1.807) is 23.0 Å². The summed E-state index contributed by atoms with van der Waals surface area (Å²) in [7, 11) is 0. The number of carbonyl (C=O) groups excluding carboxylic acids is 1. The zero-order valence-electron chi connectivity index (χ0n) is 18.0. The number of hydrogen-bond donors (Lipinski definition) is 3. The maximum atomic E-state index is 13.2. The van der Waals surface area contributed by atoms with Crippen LogP contribution in [0.3, 0.4) is 0 Å². The van der Waals surface area contributed by atoms with Crippen molar-refractivity contribution in [2.45, 2.75) is 62.6 Å². The Morgan fingerprint density at radius 3 is 2.50 bits per heavy atom. The van der Waals surface area contributed by atoms with Gasteiger partial charge in [-0.1, -0.05) is 0 Å². The smallest absolute Gasteiger partial charge is 0.254 e. The Balaban J connectivity index is 1.52. The number of ether oxygens (including phenoxy) is 1. The molecule has 4 rings (SSSR count). The van der Waals surface area contributed by atoms with Crippen molar-refractivity contribution in [2.24, 2.45) is 5.73 Å². The molecule has 1 aromatic heterocycles. The summed E-state index contributed by atoms with van der Waals surface area (Å²) in [4.78, 5) is 12.1. The number of primary amides is 1. The molecule has 8 nitrogen and oxygen atoms in total. The fourth-order valence-corrected chi connectivity index (χ4v) is 4.71. The number of nitrogens with zero attached hydrogens (tertiary/aromatic N) is 3. The van der Waals surface area contributed by atoms with Crippen LogP contribution in [0.25, 0.3) is 0 Å². The lowest BCUT2D eigenvalue weighted by Crippen LogP contribution is -2.47. The van der Waals surface area contributed by atoms with E-state index >= 15 is 0 Å². The summed E-state index contributed by atoms with van der Waals surface area (Å²) < 4.78 is 20.4. The zero-order valence-corrected chi connectivity index (χ0v) is 18.0. The number of hydrogen-bond acceptors (Lipinski definition) is 6. The maximum Gasteiger partial charge on any atom is 0.254 e. The average molecular weight is 441 g/mol. The van der Waals surface area contributed by atoms with Gasteiger partial charge in [-0.05, 0) is 62.8 Å². The lowest BCUT2D eigenvalue weighted by atomic mass is 9.77. The van der Waals surface area contributed by atoms with E-state index in [0.29, 0.717) is 30.0 Å². The summed E-state index contributed by atoms with van der Waals surface area (Å²) in [5.41, 5.74) is 5.95. The first-order valence-electron chi connectivity index (χ1n) is 11.1. The normalized spacial score (nSPS) is 24.1. The van der Waals surface area contributed by atoms with Gasteiger partial charge in [-0.25, -0.2) is 4.39 Å². The third kappa shape index (κ3) is 4.92. The second-order valence-corrected chi connectivity index (χ2v) is 8.72. The molecule has 0 radical (unpaired) electrons. The zero-order chi connectivity index (χ0) is 22.6. The molecule has 1 aliphatic carbocycles. The van der Waals surface area contributed by atoms with E-state index < -0.39 is 11.4 Å². The Labute approximate surface area is 186 Å². The van der Waals surface area contributed by atoms with Crippen LogP contribution in [-0.4, -0.2) is 41.0 Å². The van der Waals surface area contributed by atoms with Crippen molar-refractivity contribution in [1.29, 1.82) is 5.26 Å². The van der Waals surface area contributed by atoms with Crippen molar-refractivity contribution in [3.63, 3.8) is 0 Å². The van der Waals surface area contributed by atoms with Crippen LogP contribution in [0.2, 0.25) is 0 Å². The average Bonchev–Trinajstić information content (AvgIpc) is 3.22. The summed E-state index contributed by atoms with van der Waals surface area (Å²) in [5.74, 6) is -0.651. The monoisotopic (exact) mass is 440 g/mol. The van der Waals surface area contributed by atoms with Gasteiger partial charge in [0.25, 0.3) is 5.91 Å². The standard InChI is InChI=1S/C23H29FN6O2/c24-16-1-3-17(4-2-16)28-22-20(21(26)31)15-30(29-22)23(11-12-25)9-5-18(6-10-23)27-19-7-13-32-14-8-19/h1-4,15,18-19,27H,5-11,13-14H2,(H2,26,31)(H,28,29). The van der Waals surface area contributed by atoms with Crippen LogP contribution in [-0.2, 0) is 10.3 Å². The largest absolute Gasteiger partial charge is 0.381 e. The number of halogens is 1. The van der Waals surface area contributed by atoms with E-state index in [-0.39, 0.29) is 11.4 Å². The van der Waals surface area contributed by atoms with Gasteiger partial charge in [0.05, 0.1) is 18.0 Å². The first kappa shape index (κ1) is 22.2. The summed E-state index contributed by atoms with van der Waals surface area (Å²) in [6.07, 6.45) is 7.38. The van der Waals surface area contributed by atoms with Gasteiger partial charge in [0.1, 0.15) is 11.4 Å². The van der Waals surface area contributed by atoms with Gasteiger partial charge in [0.2, 0.25) is 0 Å². The minimum Gasteiger partial charge on any atom is -0.381 e. The molecule has 2 aliphatic rings. The predicted molar refractivity (Wildman–Crippen MR) is 118 cm³/mol. The predicted octanol–water partition coefficient (Wildman–Crippen LogP) is 3.18. The van der Waals surface area contributed by atoms with Crippen LogP contribution < -0.4 is 16.4 Å². The molecular formula is C23H29FN6O2. The van der Waals surface area contributed by atoms with E-state index in [1.165, 1.54) is 12.1 Å². The molecule has 1 amide bonds. The highest BCUT2D eigenvalue weighted by molar-refractivity contribution is 5.98. The lowest BCUT2D eigenvalue weighted by molar-refractivity contribution is 0.0685. The molecule has 9 heteroatoms. The number of aromatic nitrogens is 2. The number of benzene rings is 1. The maximum absolute atomic E-state index is 13.2.